The van der Waals surface area contributed by atoms with Crippen LogP contribution < -0.4 is 4.72 Å². The number of benzene rings is 1. The molecule has 15 heteroatoms. The maximum Gasteiger partial charge on any atom is 0.242 e. The fraction of sp³-hybridized carbons (Fsp3) is 0.400. The van der Waals surface area contributed by atoms with Crippen molar-refractivity contribution in [3.63, 3.8) is 0 Å². The molecule has 40 heavy (non-hydrogen) atoms. The molecule has 2 unspecified atom stereocenters. The zero-order valence-corrected chi connectivity index (χ0v) is 24.8. The number of nitrogens with one attached hydrogen (secondary N) is 2. The van der Waals surface area contributed by atoms with Crippen molar-refractivity contribution in [2.75, 3.05) is 26.4 Å². The summed E-state index contributed by atoms with van der Waals surface area (Å²) in [5.74, 6) is 0.103. The molecule has 0 saturated heterocycles. The fourth-order valence-electron chi connectivity index (χ4n) is 4.12. The number of imidazole rings is 1. The average Bonchev–Trinajstić information content (AvgIpc) is 3.25. The molecule has 3 aromatic heterocycles. The molecule has 1 aliphatic rings. The van der Waals surface area contributed by atoms with Gasteiger partial charge in [-0.2, -0.15) is 0 Å². The minimum atomic E-state index is -3.98. The Hall–Kier alpha value is -2.98. The molecule has 3 heterocycles. The highest BCUT2D eigenvalue weighted by atomic mass is 32.2. The van der Waals surface area contributed by atoms with E-state index in [9.17, 15) is 22.1 Å². The first kappa shape index (κ1) is 28.5. The van der Waals surface area contributed by atoms with Gasteiger partial charge in [0.25, 0.3) is 0 Å². The Morgan fingerprint density at radius 2 is 1.93 bits per heavy atom. The average molecular weight is 608 g/mol. The number of pyridine rings is 1. The molecule has 0 aliphatic heterocycles. The fourth-order valence-corrected chi connectivity index (χ4v) is 7.83. The van der Waals surface area contributed by atoms with Gasteiger partial charge in [0.1, 0.15) is 5.75 Å². The van der Waals surface area contributed by atoms with Gasteiger partial charge in [-0.25, -0.2) is 31.5 Å². The van der Waals surface area contributed by atoms with E-state index in [0.29, 0.717) is 22.6 Å². The van der Waals surface area contributed by atoms with E-state index in [0.717, 1.165) is 24.2 Å². The van der Waals surface area contributed by atoms with Crippen LogP contribution in [0.25, 0.3) is 27.5 Å². The summed E-state index contributed by atoms with van der Waals surface area (Å²) < 4.78 is 66.3. The van der Waals surface area contributed by atoms with Gasteiger partial charge in [-0.1, -0.05) is 11.3 Å². The second kappa shape index (κ2) is 10.1. The molecule has 11 nitrogen and oxygen atoms in total. The van der Waals surface area contributed by atoms with Gasteiger partial charge in [0.05, 0.1) is 31.2 Å². The largest absolute Gasteiger partial charge is 0.507 e. The monoisotopic (exact) mass is 607 g/mol. The van der Waals surface area contributed by atoms with Crippen LogP contribution in [0.1, 0.15) is 37.9 Å². The summed E-state index contributed by atoms with van der Waals surface area (Å²) in [7, 11) is -3.50. The summed E-state index contributed by atoms with van der Waals surface area (Å²) in [6.07, 6.45) is 3.03. The van der Waals surface area contributed by atoms with Crippen molar-refractivity contribution in [1.29, 1.82) is 4.78 Å². The summed E-state index contributed by atoms with van der Waals surface area (Å²) in [5.41, 5.74) is 0.550. The van der Waals surface area contributed by atoms with Gasteiger partial charge in [0, 0.05) is 35.2 Å². The van der Waals surface area contributed by atoms with Crippen LogP contribution in [0.4, 0.5) is 4.39 Å². The maximum atomic E-state index is 13.8. The number of hydrogen-bond acceptors (Lipinski definition) is 10. The first-order valence-electron chi connectivity index (χ1n) is 12.5. The van der Waals surface area contributed by atoms with Crippen molar-refractivity contribution in [3.8, 4) is 27.7 Å². The van der Waals surface area contributed by atoms with Gasteiger partial charge in [0.2, 0.25) is 10.0 Å². The standard InChI is InChI=1S/C25H30FN7O4S3/c1-15(26)23-29-30-24(38-23)22-28-13-20-19(11-17(14-33(20)22)40(36,37)31-25(2)7-8-25)18-6-5-16(12-21(18)34)39(27,35)10-9-32(3)4/h5-6,11-15,27,31,34H,7-10H2,1-4H3. The van der Waals surface area contributed by atoms with Crippen molar-refractivity contribution in [2.24, 2.45) is 0 Å². The lowest BCUT2D eigenvalue weighted by atomic mass is 10.0. The summed E-state index contributed by atoms with van der Waals surface area (Å²) in [6, 6.07) is 5.77. The van der Waals surface area contributed by atoms with Crippen molar-refractivity contribution >= 4 is 36.6 Å². The molecule has 1 saturated carbocycles. The topological polar surface area (TPSA) is 154 Å². The molecule has 4 aromatic rings. The van der Waals surface area contributed by atoms with Gasteiger partial charge in [-0.15, -0.1) is 10.2 Å². The Kier molecular flexibility index (Phi) is 7.23. The number of halogens is 1. The lowest BCUT2D eigenvalue weighted by molar-refractivity contribution is 0.371. The summed E-state index contributed by atoms with van der Waals surface area (Å²) in [5, 5.41) is 19.5. The quantitative estimate of drug-likeness (QED) is 0.244. The number of rotatable bonds is 10. The third-order valence-corrected chi connectivity index (χ3v) is 11.2. The molecular weight excluding hydrogens is 578 g/mol. The minimum Gasteiger partial charge on any atom is -0.507 e. The predicted molar refractivity (Wildman–Crippen MR) is 151 cm³/mol. The minimum absolute atomic E-state index is 0.0651. The summed E-state index contributed by atoms with van der Waals surface area (Å²) >= 11 is 1.01. The van der Waals surface area contributed by atoms with E-state index in [1.165, 1.54) is 48.0 Å². The number of phenolic OH excluding ortho intramolecular Hbond substituents is 1. The lowest BCUT2D eigenvalue weighted by Crippen LogP contribution is -2.34. The van der Waals surface area contributed by atoms with Crippen LogP contribution in [0.15, 0.2) is 46.5 Å². The number of hydrogen-bond donors (Lipinski definition) is 3. The second-order valence-corrected chi connectivity index (χ2v) is 15.4. The summed E-state index contributed by atoms with van der Waals surface area (Å²) in [6.45, 7) is 3.61. The molecular formula is C25H30FN7O4S3. The third-order valence-electron chi connectivity index (χ3n) is 6.75. The van der Waals surface area contributed by atoms with E-state index >= 15 is 0 Å². The van der Waals surface area contributed by atoms with Crippen LogP contribution >= 0.6 is 11.3 Å². The SMILES string of the molecule is CC(F)c1nnc(-c2ncc3c(-c4ccc(S(=N)(=O)CCN(C)C)cc4O)cc(S(=O)(=O)NC4(C)CC4)cn23)s1. The Morgan fingerprint density at radius 3 is 2.52 bits per heavy atom. The second-order valence-electron chi connectivity index (χ2n) is 10.5. The molecule has 0 bridgehead atoms. The first-order chi connectivity index (χ1) is 18.7. The summed E-state index contributed by atoms with van der Waals surface area (Å²) in [4.78, 5) is 6.37. The number of aromatic nitrogens is 4. The molecule has 0 spiro atoms. The molecule has 0 radical (unpaired) electrons. The van der Waals surface area contributed by atoms with E-state index in [4.69, 9.17) is 4.78 Å². The smallest absolute Gasteiger partial charge is 0.242 e. The highest BCUT2D eigenvalue weighted by Crippen LogP contribution is 2.39. The number of nitrogens with zero attached hydrogens (tertiary/aromatic N) is 5. The lowest BCUT2D eigenvalue weighted by Gasteiger charge is -2.16. The molecule has 2 atom stereocenters. The van der Waals surface area contributed by atoms with Gasteiger partial charge >= 0.3 is 0 Å². The number of alkyl halides is 1. The van der Waals surface area contributed by atoms with E-state index in [1.54, 1.807) is 0 Å². The van der Waals surface area contributed by atoms with Gasteiger partial charge in [0.15, 0.2) is 22.0 Å². The molecule has 1 fully saturated rings. The Bertz CT molecular complexity index is 1810. The molecule has 1 aromatic carbocycles. The van der Waals surface area contributed by atoms with E-state index in [1.807, 2.05) is 25.9 Å². The van der Waals surface area contributed by atoms with Crippen molar-refractivity contribution in [1.82, 2.24) is 29.2 Å². The molecule has 1 aliphatic carbocycles. The van der Waals surface area contributed by atoms with Crippen LogP contribution in [0, 0.1) is 4.78 Å². The van der Waals surface area contributed by atoms with Crippen LogP contribution in [0.3, 0.4) is 0 Å². The number of aromatic hydroxyl groups is 1. The van der Waals surface area contributed by atoms with Crippen molar-refractivity contribution in [3.05, 3.63) is 41.7 Å². The van der Waals surface area contributed by atoms with Gasteiger partial charge in [-0.3, -0.25) is 4.40 Å². The first-order valence-corrected chi connectivity index (χ1v) is 16.5. The van der Waals surface area contributed by atoms with Crippen LogP contribution in [0.5, 0.6) is 5.75 Å². The van der Waals surface area contributed by atoms with Crippen LogP contribution in [0.2, 0.25) is 0 Å². The predicted octanol–water partition coefficient (Wildman–Crippen LogP) is 4.05. The van der Waals surface area contributed by atoms with Gasteiger partial charge < -0.3 is 10.0 Å². The normalized spacial score (nSPS) is 17.2. The van der Waals surface area contributed by atoms with Crippen LogP contribution in [-0.2, 0) is 19.8 Å². The van der Waals surface area contributed by atoms with Crippen molar-refractivity contribution < 1.29 is 22.1 Å². The molecule has 5 rings (SSSR count). The molecule has 214 valence electrons. The third kappa shape index (κ3) is 5.61. The molecule has 3 N–H and O–H groups in total. The zero-order valence-electron chi connectivity index (χ0n) is 22.4. The van der Waals surface area contributed by atoms with Gasteiger partial charge in [-0.05, 0) is 65.0 Å². The van der Waals surface area contributed by atoms with E-state index < -0.39 is 31.5 Å². The van der Waals surface area contributed by atoms with Crippen LogP contribution in [-0.4, -0.2) is 74.1 Å². The maximum absolute atomic E-state index is 13.8. The zero-order chi connectivity index (χ0) is 29.0. The highest BCUT2D eigenvalue weighted by Gasteiger charge is 2.41. The Morgan fingerprint density at radius 1 is 1.20 bits per heavy atom. The molecule has 0 amide bonds. The Labute approximate surface area is 236 Å². The van der Waals surface area contributed by atoms with Crippen molar-refractivity contribution in [2.45, 2.75) is 48.2 Å². The highest BCUT2D eigenvalue weighted by molar-refractivity contribution is 7.92. The van der Waals surface area contributed by atoms with E-state index in [2.05, 4.69) is 19.9 Å². The Balaban J connectivity index is 1.67. The number of phenols is 1. The number of fused-ring (bicyclic) bond motifs is 1. The number of sulfonamides is 1. The van der Waals surface area contributed by atoms with E-state index in [-0.39, 0.29) is 37.7 Å².